The lowest BCUT2D eigenvalue weighted by Crippen LogP contribution is -2.48. The second-order valence-corrected chi connectivity index (χ2v) is 11.2. The van der Waals surface area contributed by atoms with Gasteiger partial charge in [0.25, 0.3) is 29.6 Å². The van der Waals surface area contributed by atoms with Crippen molar-refractivity contribution >= 4 is 56.5 Å². The zero-order chi connectivity index (χ0) is 35.3. The minimum atomic E-state index is -0.327. The van der Waals surface area contributed by atoms with Crippen LogP contribution in [0.5, 0.6) is 0 Å². The van der Waals surface area contributed by atoms with Gasteiger partial charge in [-0.15, -0.1) is 0 Å². The highest BCUT2D eigenvalue weighted by Crippen LogP contribution is 2.46. The summed E-state index contributed by atoms with van der Waals surface area (Å²) in [6.45, 7) is 16.0. The first-order valence-electron chi connectivity index (χ1n) is 18.1. The van der Waals surface area contributed by atoms with Crippen molar-refractivity contribution in [2.45, 2.75) is 61.7 Å². The van der Waals surface area contributed by atoms with Crippen molar-refractivity contribution in [1.82, 2.24) is 9.13 Å². The van der Waals surface area contributed by atoms with Gasteiger partial charge in [-0.2, -0.15) is 4.58 Å². The number of nitrogens with zero attached hydrogens (tertiary/aromatic N) is 8. The molecule has 0 radical (unpaired) electrons. The van der Waals surface area contributed by atoms with Crippen molar-refractivity contribution in [2.75, 3.05) is 7.05 Å². The van der Waals surface area contributed by atoms with Gasteiger partial charge in [0.15, 0.2) is 0 Å². The van der Waals surface area contributed by atoms with E-state index in [-0.39, 0.29) is 6.29 Å². The van der Waals surface area contributed by atoms with Crippen molar-refractivity contribution in [2.24, 2.45) is 20.0 Å². The summed E-state index contributed by atoms with van der Waals surface area (Å²) >= 11 is 0. The van der Waals surface area contributed by atoms with E-state index >= 15 is 0 Å². The molecule has 5 aliphatic rings. The fourth-order valence-corrected chi connectivity index (χ4v) is 7.39. The zero-order valence-corrected chi connectivity index (χ0v) is 30.4. The Bertz CT molecular complexity index is 2590. The number of hydrogen-bond donors (Lipinski definition) is 0. The molecular weight excluding hydrogens is 617 g/mol. The molecule has 0 saturated carbocycles. The van der Waals surface area contributed by atoms with E-state index in [1.807, 2.05) is 55.4 Å². The maximum absolute atomic E-state index is 5.47. The highest BCUT2D eigenvalue weighted by molar-refractivity contribution is 6.18. The molecule has 8 nitrogen and oxygen atoms in total. The Balaban J connectivity index is 0.000000461. The number of benzene rings is 4. The van der Waals surface area contributed by atoms with Gasteiger partial charge in [-0.3, -0.25) is 0 Å². The Hall–Kier alpha value is -5.76. The first-order chi connectivity index (χ1) is 24.8. The number of hydrogen-bond acceptors (Lipinski definition) is 4. The van der Waals surface area contributed by atoms with Crippen LogP contribution in [0.15, 0.2) is 117 Å². The summed E-state index contributed by atoms with van der Waals surface area (Å²) in [4.78, 5) is 21.7. The molecule has 0 aliphatic carbocycles. The molecule has 1 atom stereocenters. The fraction of sp³-hybridized carbons (Fsp3) is 0.238. The van der Waals surface area contributed by atoms with Gasteiger partial charge in [-0.1, -0.05) is 124 Å². The maximum atomic E-state index is 5.47. The highest BCUT2D eigenvalue weighted by atomic mass is 15.5. The Labute approximate surface area is 293 Å². The molecule has 2 aromatic heterocycles. The minimum Gasteiger partial charge on any atom is -0.229 e. The fourth-order valence-electron chi connectivity index (χ4n) is 7.39. The van der Waals surface area contributed by atoms with Crippen LogP contribution in [0.3, 0.4) is 0 Å². The van der Waals surface area contributed by atoms with Crippen molar-refractivity contribution in [3.8, 4) is 0 Å². The van der Waals surface area contributed by atoms with Crippen LogP contribution < -0.4 is 11.0 Å². The van der Waals surface area contributed by atoms with Crippen LogP contribution >= 0.6 is 0 Å². The van der Waals surface area contributed by atoms with Gasteiger partial charge in [-0.05, 0) is 48.5 Å². The van der Waals surface area contributed by atoms with Crippen LogP contribution in [0.4, 0.5) is 11.6 Å². The highest BCUT2D eigenvalue weighted by Gasteiger charge is 2.50. The molecule has 1 unspecified atom stereocenters. The number of aromatic nitrogens is 2. The normalized spacial score (nSPS) is 15.9. The predicted octanol–water partition coefficient (Wildman–Crippen LogP) is 8.32. The average Bonchev–Trinajstić information content (AvgIpc) is 3.88. The van der Waals surface area contributed by atoms with Gasteiger partial charge in [-0.25, -0.2) is 13.7 Å². The van der Waals surface area contributed by atoms with Crippen molar-refractivity contribution in [3.05, 3.63) is 130 Å². The van der Waals surface area contributed by atoms with Gasteiger partial charge < -0.3 is 0 Å². The Morgan fingerprint density at radius 2 is 0.840 bits per heavy atom. The van der Waals surface area contributed by atoms with E-state index in [0.717, 1.165) is 89.8 Å². The third-order valence-corrected chi connectivity index (χ3v) is 9.18. The van der Waals surface area contributed by atoms with Gasteiger partial charge in [0.2, 0.25) is 22.6 Å². The van der Waals surface area contributed by atoms with Gasteiger partial charge >= 0.3 is 0 Å². The molecule has 0 spiro atoms. The first-order valence-corrected chi connectivity index (χ1v) is 18.1. The van der Waals surface area contributed by atoms with Gasteiger partial charge in [0, 0.05) is 21.5 Å². The van der Waals surface area contributed by atoms with Crippen molar-refractivity contribution in [3.63, 3.8) is 0 Å². The monoisotopic (exact) mass is 660 g/mol. The quantitative estimate of drug-likeness (QED) is 0.147. The molecule has 0 fully saturated rings. The molecule has 5 aliphatic heterocycles. The summed E-state index contributed by atoms with van der Waals surface area (Å²) in [6, 6.07) is 33.8. The van der Waals surface area contributed by atoms with Crippen LogP contribution in [0.2, 0.25) is 0 Å². The van der Waals surface area contributed by atoms with E-state index in [1.165, 1.54) is 0 Å². The number of fused-ring (bicyclic) bond motifs is 13. The Kier molecular flexibility index (Phi) is 8.48. The number of aliphatic imine (C=N–C) groups is 2. The molecule has 4 aromatic carbocycles. The Morgan fingerprint density at radius 3 is 1.38 bits per heavy atom. The molecule has 8 heteroatoms. The lowest BCUT2D eigenvalue weighted by molar-refractivity contribution is -0.494. The molecule has 0 amide bonds. The summed E-state index contributed by atoms with van der Waals surface area (Å²) in [5.74, 6) is 5.35. The minimum absolute atomic E-state index is 0.327. The molecule has 6 aromatic rings. The molecule has 50 heavy (non-hydrogen) atoms. The van der Waals surface area contributed by atoms with E-state index in [4.69, 9.17) is 20.0 Å². The van der Waals surface area contributed by atoms with Crippen LogP contribution in [-0.2, 0) is 0 Å². The van der Waals surface area contributed by atoms with E-state index in [9.17, 15) is 0 Å². The molecule has 250 valence electrons. The van der Waals surface area contributed by atoms with Crippen LogP contribution in [-0.4, -0.2) is 48.7 Å². The summed E-state index contributed by atoms with van der Waals surface area (Å²) in [7, 11) is 2.06. The van der Waals surface area contributed by atoms with Crippen LogP contribution in [0, 0.1) is 0 Å². The standard InChI is InChI=1S/C34H20N8.4C2H6/c1-39-26-18-10-2-3-11-19(18)27(39)36-29-21-13-5-7-15-23(21)31-38-33-25-17-9-8-16-24(25)32-37-30-22-14-6-4-12-20(22)28(35-26)40(30)34(41(29)31)42(32)33;4*1-2/h2-17,34H,1H3;4*1-2H3/q+2;;;;. The molecule has 0 saturated heterocycles. The lowest BCUT2D eigenvalue weighted by atomic mass is 10.1. The first kappa shape index (κ1) is 32.8. The van der Waals surface area contributed by atoms with E-state index in [2.05, 4.69) is 122 Å². The van der Waals surface area contributed by atoms with E-state index in [1.54, 1.807) is 0 Å². The zero-order valence-electron chi connectivity index (χ0n) is 30.4. The number of amidine groups is 4. The molecule has 7 heterocycles. The molecular formula is C42H44N8+2. The van der Waals surface area contributed by atoms with E-state index in [0.29, 0.717) is 0 Å². The van der Waals surface area contributed by atoms with Crippen LogP contribution in [0.25, 0.3) is 21.5 Å². The maximum Gasteiger partial charge on any atom is 0.276 e. The molecule has 2 bridgehead atoms. The van der Waals surface area contributed by atoms with E-state index < -0.39 is 0 Å². The predicted molar refractivity (Wildman–Crippen MR) is 206 cm³/mol. The summed E-state index contributed by atoms with van der Waals surface area (Å²) in [5, 5.41) is 4.29. The van der Waals surface area contributed by atoms with Gasteiger partial charge in [0.1, 0.15) is 0 Å². The second kappa shape index (κ2) is 12.9. The third kappa shape index (κ3) is 4.24. The van der Waals surface area contributed by atoms with Crippen molar-refractivity contribution < 1.29 is 9.15 Å². The SMILES string of the molecule is CC.CC.CC.CC.C[N+]1=C2N=c3c4ccccc4c4n3C3n5c(c6ccccc6c5N=C5c6ccccc6C(=[N+]53)N=4)N=C1c1ccccc12. The van der Waals surface area contributed by atoms with Gasteiger partial charge in [0.05, 0.1) is 29.3 Å². The molecule has 0 N–H and O–H groups in total. The topological polar surface area (TPSA) is 65.3 Å². The summed E-state index contributed by atoms with van der Waals surface area (Å²) in [5.41, 5.74) is 6.09. The Morgan fingerprint density at radius 1 is 0.440 bits per heavy atom. The molecule has 11 rings (SSSR count). The summed E-state index contributed by atoms with van der Waals surface area (Å²) < 4.78 is 8.98. The largest absolute Gasteiger partial charge is 0.276 e. The average molecular weight is 661 g/mol. The second-order valence-electron chi connectivity index (χ2n) is 11.2. The smallest absolute Gasteiger partial charge is 0.229 e. The van der Waals surface area contributed by atoms with Crippen molar-refractivity contribution in [1.29, 1.82) is 0 Å². The van der Waals surface area contributed by atoms with Crippen LogP contribution in [0.1, 0.15) is 83.9 Å². The third-order valence-electron chi connectivity index (χ3n) is 9.18. The number of rotatable bonds is 0. The lowest BCUT2D eigenvalue weighted by Gasteiger charge is -2.26. The summed E-state index contributed by atoms with van der Waals surface area (Å²) in [6.07, 6.45) is -0.327.